The Labute approximate surface area is 260 Å². The predicted octanol–water partition coefficient (Wildman–Crippen LogP) is 4.97. The minimum atomic E-state index is -4.64. The number of ether oxygens (including phenoxy) is 1. The molecule has 1 aliphatic heterocycles. The summed E-state index contributed by atoms with van der Waals surface area (Å²) in [7, 11) is -1.36. The average Bonchev–Trinajstić information content (AvgIpc) is 3.73. The molecule has 1 aromatic carbocycles. The lowest BCUT2D eigenvalue weighted by Crippen LogP contribution is -2.58. The highest BCUT2D eigenvalue weighted by molar-refractivity contribution is 7.98. The predicted molar refractivity (Wildman–Crippen MR) is 160 cm³/mol. The minimum Gasteiger partial charge on any atom is -0.378 e. The van der Waals surface area contributed by atoms with Crippen molar-refractivity contribution in [3.63, 3.8) is 0 Å². The number of ketones is 1. The number of rotatable bonds is 7. The largest absolute Gasteiger partial charge is 0.427 e. The maximum absolute atomic E-state index is 14.5. The van der Waals surface area contributed by atoms with Gasteiger partial charge in [0.25, 0.3) is 0 Å². The third-order valence-electron chi connectivity index (χ3n) is 8.85. The smallest absolute Gasteiger partial charge is 0.378 e. The number of fused-ring (bicyclic) bond motifs is 2. The molecule has 3 aromatic heterocycles. The van der Waals surface area contributed by atoms with E-state index in [4.69, 9.17) is 4.74 Å². The van der Waals surface area contributed by atoms with Crippen molar-refractivity contribution in [1.82, 2.24) is 28.9 Å². The molecule has 4 aromatic rings. The molecule has 236 valence electrons. The van der Waals surface area contributed by atoms with Crippen LogP contribution < -0.4 is 0 Å². The highest BCUT2D eigenvalue weighted by Gasteiger charge is 2.53. The van der Waals surface area contributed by atoms with Gasteiger partial charge in [0.2, 0.25) is 5.78 Å². The summed E-state index contributed by atoms with van der Waals surface area (Å²) < 4.78 is 79.4. The number of carbonyl (C=O) groups excluding carboxylic acids is 1. The van der Waals surface area contributed by atoms with Gasteiger partial charge in [0.05, 0.1) is 69.2 Å². The number of aryl methyl sites for hydroxylation is 1. The molecule has 1 unspecified atom stereocenters. The van der Waals surface area contributed by atoms with Crippen molar-refractivity contribution in [2.24, 2.45) is 12.5 Å². The maximum Gasteiger partial charge on any atom is 0.427 e. The van der Waals surface area contributed by atoms with Gasteiger partial charge in [0.1, 0.15) is 10.7 Å². The van der Waals surface area contributed by atoms with Crippen LogP contribution in [0.25, 0.3) is 11.8 Å². The van der Waals surface area contributed by atoms with Gasteiger partial charge in [-0.1, -0.05) is 5.57 Å². The van der Waals surface area contributed by atoms with E-state index < -0.39 is 43.8 Å². The minimum absolute atomic E-state index is 0.159. The molecule has 7 rings (SSSR count). The number of hydrogen-bond donors (Lipinski definition) is 0. The third-order valence-corrected chi connectivity index (χ3v) is 12.1. The fourth-order valence-corrected chi connectivity index (χ4v) is 9.50. The number of Topliss-reactive ketones (excluding diaryl/α,β-unsaturated/α-hetero) is 1. The van der Waals surface area contributed by atoms with Crippen LogP contribution in [-0.4, -0.2) is 70.0 Å². The number of hydrogen-bond acceptors (Lipinski definition) is 7. The Morgan fingerprint density at radius 1 is 1.16 bits per heavy atom. The quantitative estimate of drug-likeness (QED) is 0.158. The van der Waals surface area contributed by atoms with Gasteiger partial charge >= 0.3 is 6.18 Å². The molecule has 1 saturated heterocycles. The van der Waals surface area contributed by atoms with Crippen LogP contribution in [0.5, 0.6) is 0 Å². The summed E-state index contributed by atoms with van der Waals surface area (Å²) in [5.41, 5.74) is 1.53. The Kier molecular flexibility index (Phi) is 7.15. The number of thiazole rings is 1. The fraction of sp³-hybridized carbons (Fsp3) is 0.367. The molecule has 0 N–H and O–H groups in total. The molecular weight excluding hydrogens is 632 g/mol. The highest BCUT2D eigenvalue weighted by Crippen LogP contribution is 2.52. The molecule has 0 radical (unpaired) electrons. The first-order valence-electron chi connectivity index (χ1n) is 14.2. The fourth-order valence-electron chi connectivity index (χ4n) is 6.64. The number of alkyl halides is 3. The van der Waals surface area contributed by atoms with E-state index in [1.165, 1.54) is 18.3 Å². The van der Waals surface area contributed by atoms with Gasteiger partial charge in [0, 0.05) is 19.3 Å². The number of aromatic nitrogens is 5. The van der Waals surface area contributed by atoms with E-state index >= 15 is 0 Å². The topological polar surface area (TPSA) is 95.1 Å². The summed E-state index contributed by atoms with van der Waals surface area (Å²) in [6, 6.07) is 5.21. The van der Waals surface area contributed by atoms with Gasteiger partial charge in [-0.3, -0.25) is 9.48 Å². The number of benzene rings is 1. The van der Waals surface area contributed by atoms with Gasteiger partial charge < -0.3 is 4.74 Å². The monoisotopic (exact) mass is 660 g/mol. The van der Waals surface area contributed by atoms with Crippen molar-refractivity contribution in [2.75, 3.05) is 13.2 Å². The normalized spacial score (nSPS) is 23.2. The Morgan fingerprint density at radius 2 is 1.91 bits per heavy atom. The van der Waals surface area contributed by atoms with Crippen LogP contribution in [-0.2, 0) is 34.1 Å². The van der Waals surface area contributed by atoms with E-state index in [0.29, 0.717) is 65.4 Å². The first-order valence-corrected chi connectivity index (χ1v) is 16.7. The van der Waals surface area contributed by atoms with Crippen molar-refractivity contribution in [2.45, 2.75) is 48.8 Å². The lowest BCUT2D eigenvalue weighted by atomic mass is 9.61. The first-order chi connectivity index (χ1) is 21.4. The zero-order valence-corrected chi connectivity index (χ0v) is 25.7. The molecule has 0 amide bonds. The number of allylic oxidation sites excluding steroid dienone is 1. The van der Waals surface area contributed by atoms with E-state index in [1.54, 1.807) is 40.9 Å². The Bertz CT molecular complexity index is 1920. The molecule has 9 nitrogen and oxygen atoms in total. The van der Waals surface area contributed by atoms with Crippen molar-refractivity contribution in [3.05, 3.63) is 81.6 Å². The van der Waals surface area contributed by atoms with Crippen LogP contribution in [0.15, 0.2) is 59.5 Å². The van der Waals surface area contributed by atoms with Crippen LogP contribution in [0.3, 0.4) is 0 Å². The lowest BCUT2D eigenvalue weighted by molar-refractivity contribution is -0.134. The van der Waals surface area contributed by atoms with E-state index in [2.05, 4.69) is 21.1 Å². The standard InChI is InChI=1S/C30H28F4N6O3S2/c1-38-15-24(13-36-38)45(2,42)40(23-16-43-17-23)22-6-3-19-9-25-18(12-37-39(25)21-7-4-20(31)5-8-21)10-29(19,11-22)27(41)28-35-14-26(44-28)30(32,33)34/h4-5,7-9,12-15,22-23H,2-3,6,10-11,16-17H2,1H3/t22-,29-,45?/m0/s1. The second-order valence-electron chi connectivity index (χ2n) is 11.7. The molecule has 4 heterocycles. The van der Waals surface area contributed by atoms with E-state index in [9.17, 15) is 26.6 Å². The summed E-state index contributed by atoms with van der Waals surface area (Å²) in [4.78, 5) is 17.9. The number of nitrogens with zero attached hydrogens (tertiary/aromatic N) is 6. The van der Waals surface area contributed by atoms with Crippen molar-refractivity contribution >= 4 is 38.8 Å². The van der Waals surface area contributed by atoms with Gasteiger partial charge in [0.15, 0.2) is 5.01 Å². The molecule has 0 spiro atoms. The Hall–Kier alpha value is -3.66. The molecule has 3 atom stereocenters. The third kappa shape index (κ3) is 5.05. The summed E-state index contributed by atoms with van der Waals surface area (Å²) in [5.74, 6) is 3.24. The van der Waals surface area contributed by atoms with Crippen LogP contribution in [0, 0.1) is 11.2 Å². The zero-order valence-electron chi connectivity index (χ0n) is 24.0. The van der Waals surface area contributed by atoms with Crippen LogP contribution in [0.1, 0.15) is 45.2 Å². The molecule has 2 aliphatic carbocycles. The van der Waals surface area contributed by atoms with Gasteiger partial charge in [-0.2, -0.15) is 23.4 Å². The summed E-state index contributed by atoms with van der Waals surface area (Å²) in [6.45, 7) is 0.672. The second-order valence-corrected chi connectivity index (χ2v) is 14.9. The average molecular weight is 661 g/mol. The summed E-state index contributed by atoms with van der Waals surface area (Å²) in [5, 5.41) is 8.48. The molecule has 2 fully saturated rings. The zero-order chi connectivity index (χ0) is 31.7. The SMILES string of the molecule is C=S(=O)(c1cnn(C)c1)N(C1COC1)[C@H]1CCC2=Cc3c(cnn3-c3ccc(F)cc3)C[C@]2(C(=O)c2ncc(C(F)(F)F)s2)C1. The van der Waals surface area contributed by atoms with Crippen LogP contribution in [0.4, 0.5) is 17.6 Å². The molecule has 3 aliphatic rings. The maximum atomic E-state index is 14.5. The van der Waals surface area contributed by atoms with Gasteiger partial charge in [-0.15, -0.1) is 11.3 Å². The van der Waals surface area contributed by atoms with Crippen molar-refractivity contribution in [1.29, 1.82) is 0 Å². The Balaban J connectivity index is 1.33. The molecule has 15 heteroatoms. The first kappa shape index (κ1) is 30.0. The van der Waals surface area contributed by atoms with Crippen molar-refractivity contribution < 1.29 is 31.3 Å². The van der Waals surface area contributed by atoms with Crippen LogP contribution in [0.2, 0.25) is 0 Å². The number of halogens is 4. The lowest BCUT2D eigenvalue weighted by Gasteiger charge is -2.50. The highest BCUT2D eigenvalue weighted by atomic mass is 32.2. The molecule has 1 saturated carbocycles. The second kappa shape index (κ2) is 10.7. The summed E-state index contributed by atoms with van der Waals surface area (Å²) in [6.07, 6.45) is 4.01. The van der Waals surface area contributed by atoms with E-state index in [1.807, 2.05) is 10.4 Å². The summed E-state index contributed by atoms with van der Waals surface area (Å²) >= 11 is 0.331. The van der Waals surface area contributed by atoms with Crippen molar-refractivity contribution in [3.8, 4) is 5.69 Å². The van der Waals surface area contributed by atoms with Crippen LogP contribution >= 0.6 is 11.3 Å². The van der Waals surface area contributed by atoms with E-state index in [0.717, 1.165) is 5.57 Å². The molecule has 0 bridgehead atoms. The van der Waals surface area contributed by atoms with E-state index in [-0.39, 0.29) is 23.9 Å². The number of carbonyl (C=O) groups is 1. The molecule has 45 heavy (non-hydrogen) atoms. The Morgan fingerprint density at radius 3 is 2.53 bits per heavy atom. The van der Waals surface area contributed by atoms with Gasteiger partial charge in [-0.05, 0) is 67.5 Å². The van der Waals surface area contributed by atoms with Gasteiger partial charge in [-0.25, -0.2) is 22.6 Å². The molecular formula is C30H28F4N6O3S2.